The number of carbonyl (C=O) groups excluding carboxylic acids is 2. The number of non-ortho nitro benzene ring substituents is 1. The van der Waals surface area contributed by atoms with Crippen molar-refractivity contribution in [2.45, 2.75) is 58.3 Å². The van der Waals surface area contributed by atoms with E-state index in [4.69, 9.17) is 9.47 Å². The van der Waals surface area contributed by atoms with Gasteiger partial charge in [0, 0.05) is 12.1 Å². The number of nitrogens with zero attached hydrogens (tertiary/aromatic N) is 3. The molecule has 0 radical (unpaired) electrons. The van der Waals surface area contributed by atoms with Crippen molar-refractivity contribution in [3.05, 3.63) is 39.9 Å². The summed E-state index contributed by atoms with van der Waals surface area (Å²) in [7, 11) is 0. The molecule has 2 atom stereocenters. The minimum atomic E-state index is -0.800. The topological polar surface area (TPSA) is 120 Å². The standard InChI is InChI=1S/C18H23N3O6/c1-11(19-20-17(23)27-18(2,3)4)15(12-5-6-12)26-16(22)13-7-9-14(10-8-13)21(24)25/h7-12,15H,5-6H2,1-4H3/t11-,15?/m1/s1. The Hall–Kier alpha value is -2.84. The summed E-state index contributed by atoms with van der Waals surface area (Å²) < 4.78 is 10.6. The highest BCUT2D eigenvalue weighted by Gasteiger charge is 2.38. The van der Waals surface area contributed by atoms with Crippen LogP contribution in [0.15, 0.2) is 34.5 Å². The smallest absolute Gasteiger partial charge is 0.452 e. The minimum Gasteiger partial charge on any atom is -0.456 e. The van der Waals surface area contributed by atoms with Gasteiger partial charge in [0.2, 0.25) is 0 Å². The second-order valence-corrected chi connectivity index (χ2v) is 7.45. The number of nitro benzene ring substituents is 1. The normalized spacial score (nSPS) is 16.6. The highest BCUT2D eigenvalue weighted by atomic mass is 16.6. The Balaban J connectivity index is 2.01. The van der Waals surface area contributed by atoms with Crippen molar-refractivity contribution in [3.63, 3.8) is 0 Å². The summed E-state index contributed by atoms with van der Waals surface area (Å²) in [6.07, 6.45) is 0.458. The van der Waals surface area contributed by atoms with E-state index in [0.717, 1.165) is 12.8 Å². The van der Waals surface area contributed by atoms with Gasteiger partial charge in [-0.2, -0.15) is 5.11 Å². The number of rotatable bonds is 6. The predicted molar refractivity (Wildman–Crippen MR) is 95.6 cm³/mol. The zero-order valence-electron chi connectivity index (χ0n) is 15.7. The van der Waals surface area contributed by atoms with Crippen LogP contribution in [0.5, 0.6) is 0 Å². The van der Waals surface area contributed by atoms with Crippen LogP contribution in [-0.2, 0) is 9.47 Å². The summed E-state index contributed by atoms with van der Waals surface area (Å²) in [5, 5.41) is 18.2. The quantitative estimate of drug-likeness (QED) is 0.315. The molecule has 0 saturated heterocycles. The molecule has 1 aliphatic rings. The van der Waals surface area contributed by atoms with Crippen molar-refractivity contribution in [2.75, 3.05) is 0 Å². The van der Waals surface area contributed by atoms with E-state index in [-0.39, 0.29) is 17.2 Å². The summed E-state index contributed by atoms with van der Waals surface area (Å²) in [4.78, 5) is 34.1. The number of azo groups is 1. The Morgan fingerprint density at radius 2 is 1.81 bits per heavy atom. The number of hydrogen-bond donors (Lipinski definition) is 0. The molecule has 2 rings (SSSR count). The molecule has 0 aliphatic heterocycles. The van der Waals surface area contributed by atoms with Gasteiger partial charge in [-0.1, -0.05) is 5.11 Å². The maximum atomic E-state index is 12.3. The van der Waals surface area contributed by atoms with Gasteiger partial charge in [-0.15, -0.1) is 0 Å². The van der Waals surface area contributed by atoms with Crippen molar-refractivity contribution in [2.24, 2.45) is 16.1 Å². The fourth-order valence-corrected chi connectivity index (χ4v) is 2.41. The number of ether oxygens (including phenoxy) is 2. The Bertz CT molecular complexity index is 734. The largest absolute Gasteiger partial charge is 0.456 e. The van der Waals surface area contributed by atoms with Gasteiger partial charge in [-0.3, -0.25) is 10.1 Å². The van der Waals surface area contributed by atoms with Gasteiger partial charge in [0.15, 0.2) is 0 Å². The van der Waals surface area contributed by atoms with Crippen molar-refractivity contribution in [1.82, 2.24) is 0 Å². The Labute approximate surface area is 156 Å². The Morgan fingerprint density at radius 3 is 2.30 bits per heavy atom. The van der Waals surface area contributed by atoms with Crippen LogP contribution in [0.3, 0.4) is 0 Å². The fourth-order valence-electron chi connectivity index (χ4n) is 2.41. The molecule has 0 N–H and O–H groups in total. The highest BCUT2D eigenvalue weighted by Crippen LogP contribution is 2.37. The number of carbonyl (C=O) groups is 2. The van der Waals surface area contributed by atoms with Crippen molar-refractivity contribution < 1.29 is 24.0 Å². The maximum absolute atomic E-state index is 12.3. The van der Waals surface area contributed by atoms with E-state index < -0.39 is 34.7 Å². The first-order valence-electron chi connectivity index (χ1n) is 8.66. The first-order chi connectivity index (χ1) is 12.6. The lowest BCUT2D eigenvalue weighted by Gasteiger charge is -2.21. The number of amides is 1. The third-order valence-electron chi connectivity index (χ3n) is 3.83. The van der Waals surface area contributed by atoms with E-state index in [1.165, 1.54) is 24.3 Å². The van der Waals surface area contributed by atoms with E-state index in [1.807, 2.05) is 0 Å². The molecular formula is C18H23N3O6. The summed E-state index contributed by atoms with van der Waals surface area (Å²) in [5.74, 6) is -0.444. The van der Waals surface area contributed by atoms with Gasteiger partial charge >= 0.3 is 12.1 Å². The Kier molecular flexibility index (Phi) is 6.24. The van der Waals surface area contributed by atoms with Crippen molar-refractivity contribution in [1.29, 1.82) is 0 Å². The lowest BCUT2D eigenvalue weighted by Crippen LogP contribution is -2.30. The number of benzene rings is 1. The third-order valence-corrected chi connectivity index (χ3v) is 3.83. The lowest BCUT2D eigenvalue weighted by atomic mass is 10.1. The molecule has 1 saturated carbocycles. The first-order valence-corrected chi connectivity index (χ1v) is 8.66. The molecular weight excluding hydrogens is 354 g/mol. The molecule has 1 amide bonds. The van der Waals surface area contributed by atoms with Gasteiger partial charge in [-0.25, -0.2) is 9.59 Å². The summed E-state index contributed by atoms with van der Waals surface area (Å²) in [5.41, 5.74) is -0.565. The molecule has 1 unspecified atom stereocenters. The molecule has 1 aliphatic carbocycles. The lowest BCUT2D eigenvalue weighted by molar-refractivity contribution is -0.384. The molecule has 0 bridgehead atoms. The Morgan fingerprint density at radius 1 is 1.22 bits per heavy atom. The van der Waals surface area contributed by atoms with Crippen LogP contribution in [-0.4, -0.2) is 34.7 Å². The zero-order chi connectivity index (χ0) is 20.2. The molecule has 0 spiro atoms. The van der Waals surface area contributed by atoms with Gasteiger partial charge in [0.05, 0.1) is 10.5 Å². The fraction of sp³-hybridized carbons (Fsp3) is 0.556. The highest BCUT2D eigenvalue weighted by molar-refractivity contribution is 5.89. The van der Waals surface area contributed by atoms with Gasteiger partial charge in [0.25, 0.3) is 5.69 Å². The minimum absolute atomic E-state index is 0.107. The van der Waals surface area contributed by atoms with Crippen molar-refractivity contribution >= 4 is 17.7 Å². The molecule has 27 heavy (non-hydrogen) atoms. The second-order valence-electron chi connectivity index (χ2n) is 7.45. The molecule has 0 heterocycles. The molecule has 9 heteroatoms. The molecule has 1 aromatic carbocycles. The van der Waals surface area contributed by atoms with Crippen molar-refractivity contribution in [3.8, 4) is 0 Å². The number of nitro groups is 1. The second kappa shape index (κ2) is 8.24. The van der Waals surface area contributed by atoms with E-state index in [2.05, 4.69) is 10.2 Å². The number of esters is 1. The van der Waals surface area contributed by atoms with Gasteiger partial charge < -0.3 is 9.47 Å². The average Bonchev–Trinajstić information content (AvgIpc) is 3.40. The van der Waals surface area contributed by atoms with Crippen LogP contribution in [0.25, 0.3) is 0 Å². The summed E-state index contributed by atoms with van der Waals surface area (Å²) in [6.45, 7) is 6.88. The third kappa shape index (κ3) is 6.43. The number of hydrogen-bond acceptors (Lipinski definition) is 7. The molecule has 1 aromatic rings. The van der Waals surface area contributed by atoms with Crippen LogP contribution in [0.2, 0.25) is 0 Å². The van der Waals surface area contributed by atoms with Crippen LogP contribution < -0.4 is 0 Å². The van der Waals surface area contributed by atoms with Gasteiger partial charge in [0.1, 0.15) is 17.7 Å². The van der Waals surface area contributed by atoms with E-state index in [0.29, 0.717) is 0 Å². The molecule has 146 valence electrons. The monoisotopic (exact) mass is 377 g/mol. The summed E-state index contributed by atoms with van der Waals surface area (Å²) >= 11 is 0. The van der Waals surface area contributed by atoms with Gasteiger partial charge in [-0.05, 0) is 58.6 Å². The van der Waals surface area contributed by atoms with E-state index >= 15 is 0 Å². The summed E-state index contributed by atoms with van der Waals surface area (Å²) in [6, 6.07) is 4.66. The van der Waals surface area contributed by atoms with Crippen LogP contribution in [0, 0.1) is 16.0 Å². The average molecular weight is 377 g/mol. The zero-order valence-corrected chi connectivity index (χ0v) is 15.7. The predicted octanol–water partition coefficient (Wildman–Crippen LogP) is 4.31. The van der Waals surface area contributed by atoms with E-state index in [1.54, 1.807) is 27.7 Å². The van der Waals surface area contributed by atoms with Crippen LogP contribution in [0.4, 0.5) is 10.5 Å². The SMILES string of the molecule is C[C@@H](N=NC(=O)OC(C)(C)C)C(OC(=O)c1ccc([N+](=O)[O-])cc1)C1CC1. The maximum Gasteiger partial charge on any atom is 0.452 e. The molecule has 0 aromatic heterocycles. The van der Waals surface area contributed by atoms with Crippen LogP contribution in [0.1, 0.15) is 50.9 Å². The van der Waals surface area contributed by atoms with E-state index in [9.17, 15) is 19.7 Å². The van der Waals surface area contributed by atoms with Crippen LogP contribution >= 0.6 is 0 Å². The molecule has 9 nitrogen and oxygen atoms in total. The first kappa shape index (κ1) is 20.5. The molecule has 1 fully saturated rings.